The highest BCUT2D eigenvalue weighted by Gasteiger charge is 2.09. The van der Waals surface area contributed by atoms with Crippen LogP contribution in [0.2, 0.25) is 0 Å². The SMILES string of the molecule is CCOC(CNC=CC(=C(C#N)C#N)c1ccc2cc(N(C)C)ccc2c1)OCC. The summed E-state index contributed by atoms with van der Waals surface area (Å²) in [7, 11) is 4.00. The van der Waals surface area contributed by atoms with Crippen LogP contribution in [0, 0.1) is 22.7 Å². The van der Waals surface area contributed by atoms with Gasteiger partial charge in [-0.1, -0.05) is 18.2 Å². The van der Waals surface area contributed by atoms with Crippen LogP contribution >= 0.6 is 0 Å². The summed E-state index contributed by atoms with van der Waals surface area (Å²) in [5, 5.41) is 24.1. The maximum atomic E-state index is 9.42. The van der Waals surface area contributed by atoms with Crippen LogP contribution in [-0.4, -0.2) is 40.1 Å². The van der Waals surface area contributed by atoms with Gasteiger partial charge in [-0.2, -0.15) is 10.5 Å². The maximum Gasteiger partial charge on any atom is 0.174 e. The minimum Gasteiger partial charge on any atom is -0.386 e. The molecule has 0 bridgehead atoms. The second kappa shape index (κ2) is 11.6. The molecule has 1 N–H and O–H groups in total. The van der Waals surface area contributed by atoms with E-state index in [4.69, 9.17) is 9.47 Å². The maximum absolute atomic E-state index is 9.42. The number of hydrogen-bond acceptors (Lipinski definition) is 6. The molecule has 0 heterocycles. The molecule has 6 nitrogen and oxygen atoms in total. The lowest BCUT2D eigenvalue weighted by atomic mass is 9.97. The smallest absolute Gasteiger partial charge is 0.174 e. The molecule has 0 aliphatic rings. The van der Waals surface area contributed by atoms with Gasteiger partial charge in [-0.25, -0.2) is 0 Å². The lowest BCUT2D eigenvalue weighted by Gasteiger charge is -2.16. The van der Waals surface area contributed by atoms with Gasteiger partial charge in [0.25, 0.3) is 0 Å². The molecule has 0 aliphatic carbocycles. The van der Waals surface area contributed by atoms with E-state index < -0.39 is 0 Å². The van der Waals surface area contributed by atoms with Crippen molar-refractivity contribution >= 4 is 22.0 Å². The number of rotatable bonds is 10. The molecule has 0 amide bonds. The van der Waals surface area contributed by atoms with Crippen molar-refractivity contribution in [1.82, 2.24) is 5.32 Å². The summed E-state index contributed by atoms with van der Waals surface area (Å²) >= 11 is 0. The van der Waals surface area contributed by atoms with Crippen molar-refractivity contribution in [3.05, 3.63) is 59.8 Å². The topological polar surface area (TPSA) is 81.3 Å². The van der Waals surface area contributed by atoms with Crippen LogP contribution in [0.3, 0.4) is 0 Å². The van der Waals surface area contributed by atoms with E-state index in [-0.39, 0.29) is 11.9 Å². The molecule has 0 unspecified atom stereocenters. The number of benzene rings is 2. The zero-order valence-corrected chi connectivity index (χ0v) is 18.0. The van der Waals surface area contributed by atoms with Crippen LogP contribution in [0.15, 0.2) is 54.2 Å². The van der Waals surface area contributed by atoms with Gasteiger partial charge in [0.2, 0.25) is 0 Å². The van der Waals surface area contributed by atoms with E-state index >= 15 is 0 Å². The van der Waals surface area contributed by atoms with Gasteiger partial charge in [0.15, 0.2) is 6.29 Å². The molecular formula is C24H28N4O2. The van der Waals surface area contributed by atoms with Gasteiger partial charge >= 0.3 is 0 Å². The van der Waals surface area contributed by atoms with Crippen molar-refractivity contribution in [3.63, 3.8) is 0 Å². The molecule has 0 aliphatic heterocycles. The standard InChI is InChI=1S/C24H28N4O2/c1-5-29-24(30-6-2)17-27-12-11-23(21(15-25)16-26)20-8-7-19-14-22(28(3)4)10-9-18(19)13-20/h7-14,24,27H,5-6,17H2,1-4H3. The van der Waals surface area contributed by atoms with Crippen LogP contribution in [0.4, 0.5) is 5.69 Å². The average Bonchev–Trinajstić information content (AvgIpc) is 2.75. The molecule has 30 heavy (non-hydrogen) atoms. The summed E-state index contributed by atoms with van der Waals surface area (Å²) in [5.41, 5.74) is 2.55. The summed E-state index contributed by atoms with van der Waals surface area (Å²) in [6.07, 6.45) is 3.11. The highest BCUT2D eigenvalue weighted by atomic mass is 16.7. The Morgan fingerprint density at radius 3 is 2.27 bits per heavy atom. The molecule has 156 valence electrons. The number of fused-ring (bicyclic) bond motifs is 1. The summed E-state index contributed by atoms with van der Waals surface area (Å²) in [4.78, 5) is 2.05. The van der Waals surface area contributed by atoms with Crippen LogP contribution < -0.4 is 10.2 Å². The molecule has 0 radical (unpaired) electrons. The first-order valence-electron chi connectivity index (χ1n) is 9.93. The third kappa shape index (κ3) is 6.09. The number of hydrogen-bond donors (Lipinski definition) is 1. The van der Waals surface area contributed by atoms with Crippen molar-refractivity contribution in [2.24, 2.45) is 0 Å². The van der Waals surface area contributed by atoms with E-state index in [1.165, 1.54) is 0 Å². The van der Waals surface area contributed by atoms with Gasteiger partial charge in [-0.3, -0.25) is 0 Å². The van der Waals surface area contributed by atoms with Gasteiger partial charge < -0.3 is 19.7 Å². The second-order valence-electron chi connectivity index (χ2n) is 6.73. The molecule has 0 fully saturated rings. The zero-order valence-electron chi connectivity index (χ0n) is 18.0. The fourth-order valence-corrected chi connectivity index (χ4v) is 2.99. The third-order valence-electron chi connectivity index (χ3n) is 4.50. The van der Waals surface area contributed by atoms with Gasteiger partial charge in [-0.15, -0.1) is 0 Å². The molecule has 0 aromatic heterocycles. The highest BCUT2D eigenvalue weighted by Crippen LogP contribution is 2.27. The van der Waals surface area contributed by atoms with Crippen molar-refractivity contribution < 1.29 is 9.47 Å². The Bertz CT molecular complexity index is 974. The van der Waals surface area contributed by atoms with Crippen LogP contribution in [0.5, 0.6) is 0 Å². The number of nitrogens with one attached hydrogen (secondary N) is 1. The predicted molar refractivity (Wildman–Crippen MR) is 121 cm³/mol. The Hall–Kier alpha value is -3.32. The highest BCUT2D eigenvalue weighted by molar-refractivity contribution is 5.91. The van der Waals surface area contributed by atoms with E-state index in [9.17, 15) is 10.5 Å². The van der Waals surface area contributed by atoms with E-state index in [0.717, 1.165) is 22.0 Å². The quantitative estimate of drug-likeness (QED) is 0.363. The predicted octanol–water partition coefficient (Wildman–Crippen LogP) is 4.21. The summed E-state index contributed by atoms with van der Waals surface area (Å²) in [6.45, 7) is 5.40. The van der Waals surface area contributed by atoms with E-state index in [2.05, 4.69) is 11.4 Å². The summed E-state index contributed by atoms with van der Waals surface area (Å²) in [5.74, 6) is 0. The first-order chi connectivity index (χ1) is 14.5. The molecule has 2 aromatic rings. The molecule has 2 rings (SSSR count). The van der Waals surface area contributed by atoms with E-state index in [1.807, 2.05) is 75.3 Å². The first-order valence-corrected chi connectivity index (χ1v) is 9.93. The van der Waals surface area contributed by atoms with Crippen LogP contribution in [0.1, 0.15) is 19.4 Å². The van der Waals surface area contributed by atoms with Gasteiger partial charge in [0.1, 0.15) is 17.7 Å². The fraction of sp³-hybridized carbons (Fsp3) is 0.333. The van der Waals surface area contributed by atoms with Gasteiger partial charge in [0, 0.05) is 38.6 Å². The Kier molecular flexibility index (Phi) is 8.90. The lowest BCUT2D eigenvalue weighted by Crippen LogP contribution is -2.28. The van der Waals surface area contributed by atoms with Crippen molar-refractivity contribution in [2.75, 3.05) is 38.8 Å². The fourth-order valence-electron chi connectivity index (χ4n) is 2.99. The first kappa shape index (κ1) is 23.0. The van der Waals surface area contributed by atoms with E-state index in [0.29, 0.717) is 25.3 Å². The number of nitrogens with zero attached hydrogens (tertiary/aromatic N) is 3. The summed E-state index contributed by atoms with van der Waals surface area (Å²) in [6, 6.07) is 16.1. The molecule has 0 spiro atoms. The van der Waals surface area contributed by atoms with Gasteiger partial charge in [0.05, 0.1) is 6.54 Å². The molecule has 0 atom stereocenters. The van der Waals surface area contributed by atoms with Crippen molar-refractivity contribution in [3.8, 4) is 12.1 Å². The largest absolute Gasteiger partial charge is 0.386 e. The minimum absolute atomic E-state index is 0.0588. The Morgan fingerprint density at radius 2 is 1.67 bits per heavy atom. The molecule has 0 saturated carbocycles. The molecular weight excluding hydrogens is 376 g/mol. The Labute approximate surface area is 178 Å². The number of nitriles is 2. The normalized spacial score (nSPS) is 10.8. The van der Waals surface area contributed by atoms with Crippen molar-refractivity contribution in [2.45, 2.75) is 20.1 Å². The van der Waals surface area contributed by atoms with Gasteiger partial charge in [-0.05, 0) is 60.7 Å². The average molecular weight is 405 g/mol. The monoisotopic (exact) mass is 404 g/mol. The molecule has 2 aromatic carbocycles. The van der Waals surface area contributed by atoms with Crippen LogP contribution in [-0.2, 0) is 9.47 Å². The number of anilines is 1. The van der Waals surface area contributed by atoms with E-state index in [1.54, 1.807) is 12.3 Å². The summed E-state index contributed by atoms with van der Waals surface area (Å²) < 4.78 is 11.0. The van der Waals surface area contributed by atoms with Crippen molar-refractivity contribution in [1.29, 1.82) is 10.5 Å². The Morgan fingerprint density at radius 1 is 1.03 bits per heavy atom. The Balaban J connectivity index is 2.30. The molecule has 0 saturated heterocycles. The number of ether oxygens (including phenoxy) is 2. The van der Waals surface area contributed by atoms with Crippen LogP contribution in [0.25, 0.3) is 16.3 Å². The number of allylic oxidation sites excluding steroid dienone is 3. The lowest BCUT2D eigenvalue weighted by molar-refractivity contribution is -0.131. The second-order valence-corrected chi connectivity index (χ2v) is 6.73. The third-order valence-corrected chi connectivity index (χ3v) is 4.50. The minimum atomic E-state index is -0.352. The molecule has 6 heteroatoms. The zero-order chi connectivity index (χ0) is 21.9.